The van der Waals surface area contributed by atoms with Gasteiger partial charge >= 0.3 is 0 Å². The first kappa shape index (κ1) is 21.4. The van der Waals surface area contributed by atoms with E-state index < -0.39 is 0 Å². The van der Waals surface area contributed by atoms with Crippen LogP contribution in [-0.2, 0) is 6.54 Å². The molecule has 0 spiro atoms. The highest BCUT2D eigenvalue weighted by molar-refractivity contribution is 6.09. The number of piperazine rings is 1. The molecule has 33 heavy (non-hydrogen) atoms. The van der Waals surface area contributed by atoms with Crippen molar-refractivity contribution in [1.82, 2.24) is 14.8 Å². The lowest BCUT2D eigenvalue weighted by molar-refractivity contribution is 0.0629. The maximum atomic E-state index is 13.8. The van der Waals surface area contributed by atoms with Gasteiger partial charge in [0, 0.05) is 43.7 Å². The molecule has 0 N–H and O–H groups in total. The Bertz CT molecular complexity index is 1270. The first-order valence-corrected chi connectivity index (χ1v) is 11.6. The molecule has 0 aliphatic carbocycles. The Hall–Kier alpha value is -3.50. The van der Waals surface area contributed by atoms with Crippen LogP contribution in [0, 0.1) is 13.8 Å². The number of fused-ring (bicyclic) bond motifs is 1. The van der Waals surface area contributed by atoms with Crippen molar-refractivity contribution in [2.45, 2.75) is 20.4 Å². The molecule has 0 bridgehead atoms. The summed E-state index contributed by atoms with van der Waals surface area (Å²) in [6, 6.07) is 26.9. The first-order valence-electron chi connectivity index (χ1n) is 11.6. The number of hydrogen-bond acceptors (Lipinski definition) is 3. The number of aromatic nitrogens is 1. The minimum Gasteiger partial charge on any atom is -0.336 e. The number of pyridine rings is 1. The van der Waals surface area contributed by atoms with Crippen molar-refractivity contribution in [3.8, 4) is 11.3 Å². The van der Waals surface area contributed by atoms with Gasteiger partial charge < -0.3 is 4.90 Å². The van der Waals surface area contributed by atoms with E-state index in [1.54, 1.807) is 0 Å². The third kappa shape index (κ3) is 4.39. The Morgan fingerprint density at radius 3 is 2.21 bits per heavy atom. The number of para-hydroxylation sites is 1. The molecular formula is C29H29N3O. The topological polar surface area (TPSA) is 36.4 Å². The van der Waals surface area contributed by atoms with Crippen molar-refractivity contribution < 1.29 is 4.79 Å². The van der Waals surface area contributed by atoms with E-state index in [4.69, 9.17) is 4.98 Å². The number of amides is 1. The highest BCUT2D eigenvalue weighted by Crippen LogP contribution is 2.31. The zero-order chi connectivity index (χ0) is 22.8. The summed E-state index contributed by atoms with van der Waals surface area (Å²) >= 11 is 0. The standard InChI is InChI=1S/C29H29N3O/c1-21-12-14-24(15-13-21)28-22(2)27(25-10-6-7-11-26(25)30-28)29(33)32-18-16-31(17-19-32)20-23-8-4-3-5-9-23/h3-15H,16-20H2,1-2H3. The maximum absolute atomic E-state index is 13.8. The zero-order valence-electron chi connectivity index (χ0n) is 19.3. The van der Waals surface area contributed by atoms with Crippen LogP contribution in [0.2, 0.25) is 0 Å². The summed E-state index contributed by atoms with van der Waals surface area (Å²) in [5.41, 5.74) is 7.06. The van der Waals surface area contributed by atoms with Crippen LogP contribution in [0.25, 0.3) is 22.2 Å². The van der Waals surface area contributed by atoms with Crippen molar-refractivity contribution in [2.24, 2.45) is 0 Å². The molecule has 4 heteroatoms. The van der Waals surface area contributed by atoms with Gasteiger partial charge in [0.2, 0.25) is 0 Å². The summed E-state index contributed by atoms with van der Waals surface area (Å²) in [6.45, 7) is 8.28. The molecule has 0 saturated carbocycles. The van der Waals surface area contributed by atoms with Crippen LogP contribution < -0.4 is 0 Å². The lowest BCUT2D eigenvalue weighted by Crippen LogP contribution is -2.48. The lowest BCUT2D eigenvalue weighted by Gasteiger charge is -2.35. The second kappa shape index (κ2) is 9.16. The summed E-state index contributed by atoms with van der Waals surface area (Å²) < 4.78 is 0. The van der Waals surface area contributed by atoms with E-state index in [0.29, 0.717) is 0 Å². The Morgan fingerprint density at radius 1 is 0.818 bits per heavy atom. The number of rotatable bonds is 4. The minimum atomic E-state index is 0.110. The number of carbonyl (C=O) groups excluding carboxylic acids is 1. The van der Waals surface area contributed by atoms with E-state index in [2.05, 4.69) is 60.4 Å². The normalized spacial score (nSPS) is 14.5. The van der Waals surface area contributed by atoms with E-state index >= 15 is 0 Å². The van der Waals surface area contributed by atoms with Crippen molar-refractivity contribution in [1.29, 1.82) is 0 Å². The average Bonchev–Trinajstić information content (AvgIpc) is 2.85. The molecule has 4 aromatic rings. The third-order valence-electron chi connectivity index (χ3n) is 6.58. The van der Waals surface area contributed by atoms with E-state index in [9.17, 15) is 4.79 Å². The summed E-state index contributed by atoms with van der Waals surface area (Å²) in [5.74, 6) is 0.110. The fourth-order valence-electron chi connectivity index (χ4n) is 4.68. The lowest BCUT2D eigenvalue weighted by atomic mass is 9.96. The molecule has 3 aromatic carbocycles. The highest BCUT2D eigenvalue weighted by atomic mass is 16.2. The van der Waals surface area contributed by atoms with Gasteiger partial charge in [0.05, 0.1) is 16.8 Å². The molecule has 1 aliphatic heterocycles. The molecule has 1 aliphatic rings. The van der Waals surface area contributed by atoms with Crippen LogP contribution in [0.3, 0.4) is 0 Å². The highest BCUT2D eigenvalue weighted by Gasteiger charge is 2.26. The molecule has 1 amide bonds. The van der Waals surface area contributed by atoms with Crippen LogP contribution in [0.15, 0.2) is 78.9 Å². The van der Waals surface area contributed by atoms with Crippen LogP contribution in [0.4, 0.5) is 0 Å². The molecule has 1 saturated heterocycles. The van der Waals surface area contributed by atoms with Gasteiger partial charge in [-0.05, 0) is 31.0 Å². The fraction of sp³-hybridized carbons (Fsp3) is 0.241. The maximum Gasteiger partial charge on any atom is 0.254 e. The van der Waals surface area contributed by atoms with Crippen molar-refractivity contribution in [2.75, 3.05) is 26.2 Å². The Kier molecular flexibility index (Phi) is 5.93. The van der Waals surface area contributed by atoms with Crippen LogP contribution in [0.1, 0.15) is 27.0 Å². The largest absolute Gasteiger partial charge is 0.336 e. The number of carbonyl (C=O) groups is 1. The SMILES string of the molecule is Cc1ccc(-c2nc3ccccc3c(C(=O)N3CCN(Cc4ccccc4)CC3)c2C)cc1. The van der Waals surface area contributed by atoms with Gasteiger partial charge in [-0.15, -0.1) is 0 Å². The van der Waals surface area contributed by atoms with Gasteiger partial charge in [-0.1, -0.05) is 78.4 Å². The Morgan fingerprint density at radius 2 is 1.48 bits per heavy atom. The summed E-state index contributed by atoms with van der Waals surface area (Å²) in [7, 11) is 0. The van der Waals surface area contributed by atoms with Gasteiger partial charge in [0.15, 0.2) is 0 Å². The predicted octanol–water partition coefficient (Wildman–Crippen LogP) is 5.48. The van der Waals surface area contributed by atoms with Gasteiger partial charge in [-0.3, -0.25) is 9.69 Å². The van der Waals surface area contributed by atoms with E-state index in [1.807, 2.05) is 42.2 Å². The number of nitrogens with zero attached hydrogens (tertiary/aromatic N) is 3. The van der Waals surface area contributed by atoms with Crippen LogP contribution >= 0.6 is 0 Å². The van der Waals surface area contributed by atoms with Crippen LogP contribution in [-0.4, -0.2) is 46.9 Å². The van der Waals surface area contributed by atoms with E-state index in [1.165, 1.54) is 11.1 Å². The second-order valence-electron chi connectivity index (χ2n) is 8.90. The number of hydrogen-bond donors (Lipinski definition) is 0. The minimum absolute atomic E-state index is 0.110. The van der Waals surface area contributed by atoms with Crippen LogP contribution in [0.5, 0.6) is 0 Å². The average molecular weight is 436 g/mol. The predicted molar refractivity (Wildman–Crippen MR) is 134 cm³/mol. The quantitative estimate of drug-likeness (QED) is 0.426. The van der Waals surface area contributed by atoms with Gasteiger partial charge in [0.1, 0.15) is 0 Å². The molecule has 0 atom stereocenters. The molecule has 4 nitrogen and oxygen atoms in total. The smallest absolute Gasteiger partial charge is 0.254 e. The fourth-order valence-corrected chi connectivity index (χ4v) is 4.68. The summed E-state index contributed by atoms with van der Waals surface area (Å²) in [6.07, 6.45) is 0. The molecule has 0 unspecified atom stereocenters. The summed E-state index contributed by atoms with van der Waals surface area (Å²) in [4.78, 5) is 23.2. The van der Waals surface area contributed by atoms with Crippen molar-refractivity contribution in [3.63, 3.8) is 0 Å². The molecular weight excluding hydrogens is 406 g/mol. The van der Waals surface area contributed by atoms with Gasteiger partial charge in [-0.25, -0.2) is 4.98 Å². The van der Waals surface area contributed by atoms with Gasteiger partial charge in [-0.2, -0.15) is 0 Å². The van der Waals surface area contributed by atoms with Crippen molar-refractivity contribution in [3.05, 3.63) is 101 Å². The molecule has 1 fully saturated rings. The number of aryl methyl sites for hydroxylation is 1. The molecule has 2 heterocycles. The van der Waals surface area contributed by atoms with E-state index in [-0.39, 0.29) is 5.91 Å². The molecule has 166 valence electrons. The van der Waals surface area contributed by atoms with Gasteiger partial charge in [0.25, 0.3) is 5.91 Å². The second-order valence-corrected chi connectivity index (χ2v) is 8.90. The monoisotopic (exact) mass is 435 g/mol. The van der Waals surface area contributed by atoms with Crippen molar-refractivity contribution >= 4 is 16.8 Å². The third-order valence-corrected chi connectivity index (χ3v) is 6.58. The number of benzene rings is 3. The Labute approximate surface area is 195 Å². The zero-order valence-corrected chi connectivity index (χ0v) is 19.3. The van der Waals surface area contributed by atoms with E-state index in [0.717, 1.165) is 66.0 Å². The molecule has 1 aromatic heterocycles. The molecule has 0 radical (unpaired) electrons. The first-order chi connectivity index (χ1) is 16.1. The summed E-state index contributed by atoms with van der Waals surface area (Å²) in [5, 5.41) is 0.933. The molecule has 5 rings (SSSR count). The Balaban J connectivity index is 1.43.